The molecular formula is C23H28N2O3. The number of rotatable bonds is 9. The maximum Gasteiger partial charge on any atom is 0.251 e. The number of carbonyl (C=O) groups is 1. The molecule has 1 amide bonds. The van der Waals surface area contributed by atoms with Gasteiger partial charge >= 0.3 is 0 Å². The van der Waals surface area contributed by atoms with Crippen molar-refractivity contribution in [3.05, 3.63) is 72.3 Å². The van der Waals surface area contributed by atoms with Gasteiger partial charge < -0.3 is 14.8 Å². The largest absolute Gasteiger partial charge is 0.497 e. The Bertz CT molecular complexity index is 783. The third-order valence-corrected chi connectivity index (χ3v) is 5.00. The maximum atomic E-state index is 12.6. The summed E-state index contributed by atoms with van der Waals surface area (Å²) in [4.78, 5) is 15.1. The molecule has 1 saturated heterocycles. The van der Waals surface area contributed by atoms with E-state index >= 15 is 0 Å². The van der Waals surface area contributed by atoms with Crippen LogP contribution >= 0.6 is 0 Å². The molecule has 1 N–H and O–H groups in total. The van der Waals surface area contributed by atoms with E-state index in [1.165, 1.54) is 12.8 Å². The summed E-state index contributed by atoms with van der Waals surface area (Å²) in [6, 6.07) is 15.4. The number of methoxy groups -OCH3 is 1. The number of nitrogens with one attached hydrogen (secondary N) is 1. The molecule has 1 aliphatic heterocycles. The van der Waals surface area contributed by atoms with Gasteiger partial charge in [-0.1, -0.05) is 24.8 Å². The number of hydrogen-bond donors (Lipinski definition) is 1. The fourth-order valence-corrected chi connectivity index (χ4v) is 3.51. The van der Waals surface area contributed by atoms with E-state index in [2.05, 4.69) is 28.9 Å². The van der Waals surface area contributed by atoms with Gasteiger partial charge in [-0.2, -0.15) is 0 Å². The van der Waals surface area contributed by atoms with Crippen LogP contribution in [0.5, 0.6) is 11.5 Å². The highest BCUT2D eigenvalue weighted by Gasteiger charge is 2.24. The summed E-state index contributed by atoms with van der Waals surface area (Å²) in [5.74, 6) is 1.48. The Morgan fingerprint density at radius 3 is 2.61 bits per heavy atom. The molecular weight excluding hydrogens is 352 g/mol. The Labute approximate surface area is 167 Å². The molecule has 0 spiro atoms. The highest BCUT2D eigenvalue weighted by Crippen LogP contribution is 2.27. The van der Waals surface area contributed by atoms with Gasteiger partial charge in [0, 0.05) is 12.1 Å². The van der Waals surface area contributed by atoms with Crippen molar-refractivity contribution in [2.24, 2.45) is 0 Å². The van der Waals surface area contributed by atoms with E-state index < -0.39 is 0 Å². The van der Waals surface area contributed by atoms with E-state index in [0.29, 0.717) is 18.7 Å². The van der Waals surface area contributed by atoms with E-state index in [1.54, 1.807) is 37.5 Å². The Morgan fingerprint density at radius 2 is 1.93 bits per heavy atom. The van der Waals surface area contributed by atoms with Crippen LogP contribution in [0.2, 0.25) is 0 Å². The van der Waals surface area contributed by atoms with Crippen LogP contribution in [0.1, 0.15) is 34.8 Å². The number of likely N-dealkylation sites (tertiary alicyclic amines) is 1. The second-order valence-corrected chi connectivity index (χ2v) is 6.87. The van der Waals surface area contributed by atoms with E-state index in [9.17, 15) is 4.79 Å². The van der Waals surface area contributed by atoms with Crippen LogP contribution in [0.3, 0.4) is 0 Å². The number of benzene rings is 2. The summed E-state index contributed by atoms with van der Waals surface area (Å²) in [5, 5.41) is 3.10. The highest BCUT2D eigenvalue weighted by molar-refractivity contribution is 5.94. The molecule has 0 aliphatic carbocycles. The molecule has 0 aromatic heterocycles. The summed E-state index contributed by atoms with van der Waals surface area (Å²) < 4.78 is 10.8. The van der Waals surface area contributed by atoms with Gasteiger partial charge in [0.15, 0.2) is 0 Å². The molecule has 28 heavy (non-hydrogen) atoms. The Balaban J connectivity index is 1.67. The van der Waals surface area contributed by atoms with E-state index in [-0.39, 0.29) is 11.9 Å². The SMILES string of the molecule is C=CCOc1ccc(C(=O)NCC(c2cccc(OC)c2)N2CCCC2)cc1. The minimum Gasteiger partial charge on any atom is -0.497 e. The number of nitrogens with zero attached hydrogens (tertiary/aromatic N) is 1. The molecule has 1 atom stereocenters. The van der Waals surface area contributed by atoms with Crippen LogP contribution in [-0.4, -0.2) is 44.2 Å². The van der Waals surface area contributed by atoms with Crippen LogP contribution in [0.4, 0.5) is 0 Å². The minimum atomic E-state index is -0.0811. The summed E-state index contributed by atoms with van der Waals surface area (Å²) in [6.07, 6.45) is 4.08. The first-order valence-electron chi connectivity index (χ1n) is 9.71. The molecule has 5 heteroatoms. The van der Waals surface area contributed by atoms with Crippen molar-refractivity contribution in [3.63, 3.8) is 0 Å². The first-order valence-corrected chi connectivity index (χ1v) is 9.71. The number of ether oxygens (including phenoxy) is 2. The van der Waals surface area contributed by atoms with Crippen molar-refractivity contribution in [3.8, 4) is 11.5 Å². The average molecular weight is 380 g/mol. The molecule has 2 aromatic rings. The summed E-state index contributed by atoms with van der Waals surface area (Å²) in [6.45, 7) is 6.73. The van der Waals surface area contributed by atoms with Gasteiger partial charge in [-0.05, 0) is 67.9 Å². The molecule has 0 saturated carbocycles. The standard InChI is InChI=1S/C23H28N2O3/c1-3-15-28-20-11-9-18(10-12-20)23(26)24-17-22(25-13-4-5-14-25)19-7-6-8-21(16-19)27-2/h3,6-12,16,22H,1,4-5,13-15,17H2,2H3,(H,24,26). The predicted molar refractivity (Wildman–Crippen MR) is 111 cm³/mol. The molecule has 5 nitrogen and oxygen atoms in total. The number of hydrogen-bond acceptors (Lipinski definition) is 4. The lowest BCUT2D eigenvalue weighted by Crippen LogP contribution is -2.36. The summed E-state index contributed by atoms with van der Waals surface area (Å²) in [5.41, 5.74) is 1.78. The van der Waals surface area contributed by atoms with Gasteiger partial charge in [-0.3, -0.25) is 9.69 Å². The van der Waals surface area contributed by atoms with Gasteiger partial charge in [0.2, 0.25) is 0 Å². The van der Waals surface area contributed by atoms with E-state index in [4.69, 9.17) is 9.47 Å². The molecule has 2 aromatic carbocycles. The fraction of sp³-hybridized carbons (Fsp3) is 0.348. The molecule has 1 unspecified atom stereocenters. The van der Waals surface area contributed by atoms with Gasteiger partial charge in [-0.25, -0.2) is 0 Å². The molecule has 148 valence electrons. The fourth-order valence-electron chi connectivity index (χ4n) is 3.51. The topological polar surface area (TPSA) is 50.8 Å². The van der Waals surface area contributed by atoms with Gasteiger partial charge in [0.1, 0.15) is 18.1 Å². The molecule has 0 bridgehead atoms. The van der Waals surface area contributed by atoms with Crippen LogP contribution in [-0.2, 0) is 0 Å². The lowest BCUT2D eigenvalue weighted by molar-refractivity contribution is 0.0938. The van der Waals surface area contributed by atoms with Crippen molar-refractivity contribution in [1.29, 1.82) is 0 Å². The maximum absolute atomic E-state index is 12.6. The predicted octanol–water partition coefficient (Wildman–Crippen LogP) is 3.83. The Morgan fingerprint density at radius 1 is 1.18 bits per heavy atom. The molecule has 3 rings (SSSR count). The number of carbonyl (C=O) groups excluding carboxylic acids is 1. The summed E-state index contributed by atoms with van der Waals surface area (Å²) >= 11 is 0. The minimum absolute atomic E-state index is 0.0811. The van der Waals surface area contributed by atoms with Crippen LogP contribution in [0.15, 0.2) is 61.2 Å². The van der Waals surface area contributed by atoms with E-state index in [1.807, 2.05) is 12.1 Å². The molecule has 1 aliphatic rings. The zero-order valence-corrected chi connectivity index (χ0v) is 16.4. The van der Waals surface area contributed by atoms with Crippen LogP contribution in [0.25, 0.3) is 0 Å². The van der Waals surface area contributed by atoms with Gasteiger partial charge in [0.05, 0.1) is 13.2 Å². The second kappa shape index (κ2) is 9.95. The zero-order chi connectivity index (χ0) is 19.8. The van der Waals surface area contributed by atoms with Crippen molar-refractivity contribution >= 4 is 5.91 Å². The quantitative estimate of drug-likeness (QED) is 0.672. The lowest BCUT2D eigenvalue weighted by atomic mass is 10.0. The smallest absolute Gasteiger partial charge is 0.251 e. The third-order valence-electron chi connectivity index (χ3n) is 5.00. The summed E-state index contributed by atoms with van der Waals surface area (Å²) in [7, 11) is 1.67. The molecule has 0 radical (unpaired) electrons. The third kappa shape index (κ3) is 5.14. The van der Waals surface area contributed by atoms with E-state index in [0.717, 1.165) is 30.2 Å². The monoisotopic (exact) mass is 380 g/mol. The van der Waals surface area contributed by atoms with Crippen LogP contribution in [0, 0.1) is 0 Å². The zero-order valence-electron chi connectivity index (χ0n) is 16.4. The lowest BCUT2D eigenvalue weighted by Gasteiger charge is -2.28. The van der Waals surface area contributed by atoms with Crippen molar-refractivity contribution in [2.75, 3.05) is 33.4 Å². The van der Waals surface area contributed by atoms with Crippen molar-refractivity contribution < 1.29 is 14.3 Å². The first-order chi connectivity index (χ1) is 13.7. The van der Waals surface area contributed by atoms with Crippen molar-refractivity contribution in [1.82, 2.24) is 10.2 Å². The Hall–Kier alpha value is -2.79. The average Bonchev–Trinajstić information content (AvgIpc) is 3.27. The highest BCUT2D eigenvalue weighted by atomic mass is 16.5. The number of amides is 1. The van der Waals surface area contributed by atoms with Crippen LogP contribution < -0.4 is 14.8 Å². The molecule has 1 heterocycles. The van der Waals surface area contributed by atoms with Gasteiger partial charge in [0.25, 0.3) is 5.91 Å². The Kier molecular flexibility index (Phi) is 7.09. The first kappa shape index (κ1) is 20.0. The van der Waals surface area contributed by atoms with Crippen molar-refractivity contribution in [2.45, 2.75) is 18.9 Å². The second-order valence-electron chi connectivity index (χ2n) is 6.87. The van der Waals surface area contributed by atoms with Gasteiger partial charge in [-0.15, -0.1) is 0 Å². The molecule has 1 fully saturated rings. The normalized spacial score (nSPS) is 15.0.